The fourth-order valence-electron chi connectivity index (χ4n) is 1.94. The number of hydrogen-bond donors (Lipinski definition) is 1. The summed E-state index contributed by atoms with van der Waals surface area (Å²) in [7, 11) is 1.69. The van der Waals surface area contributed by atoms with Crippen LogP contribution >= 0.6 is 15.9 Å². The number of rotatable bonds is 7. The van der Waals surface area contributed by atoms with Crippen LogP contribution in [-0.4, -0.2) is 13.7 Å². The molecule has 1 N–H and O–H groups in total. The molecule has 0 aliphatic heterocycles. The Labute approximate surface area is 118 Å². The number of ether oxygens (including phenoxy) is 1. The van der Waals surface area contributed by atoms with Gasteiger partial charge >= 0.3 is 0 Å². The fourth-order valence-corrected chi connectivity index (χ4v) is 2.46. The minimum atomic E-state index is 0.313. The Kier molecular flexibility index (Phi) is 6.85. The van der Waals surface area contributed by atoms with E-state index in [1.54, 1.807) is 7.11 Å². The molecule has 18 heavy (non-hydrogen) atoms. The molecule has 0 aliphatic rings. The van der Waals surface area contributed by atoms with Crippen LogP contribution < -0.4 is 10.1 Å². The van der Waals surface area contributed by atoms with Gasteiger partial charge < -0.3 is 10.1 Å². The van der Waals surface area contributed by atoms with E-state index in [1.807, 2.05) is 12.1 Å². The largest absolute Gasteiger partial charge is 0.497 e. The molecule has 0 aromatic heterocycles. The van der Waals surface area contributed by atoms with Crippen LogP contribution in [0.15, 0.2) is 22.7 Å². The Balaban J connectivity index is 2.86. The van der Waals surface area contributed by atoms with Crippen molar-refractivity contribution in [2.75, 3.05) is 13.7 Å². The first-order valence-electron chi connectivity index (χ1n) is 6.23. The van der Waals surface area contributed by atoms with Crippen LogP contribution in [0.1, 0.15) is 37.8 Å². The van der Waals surface area contributed by atoms with Crippen LogP contribution in [0.25, 0.3) is 0 Å². The van der Waals surface area contributed by atoms with Gasteiger partial charge in [0.2, 0.25) is 0 Å². The molecule has 0 bridgehead atoms. The third kappa shape index (κ3) is 4.36. The highest BCUT2D eigenvalue weighted by Gasteiger charge is 2.14. The lowest BCUT2D eigenvalue weighted by Gasteiger charge is -2.20. The first kappa shape index (κ1) is 15.1. The van der Waals surface area contributed by atoms with Crippen LogP contribution in [0, 0.1) is 12.3 Å². The van der Waals surface area contributed by atoms with Crippen LogP contribution in [0.2, 0.25) is 0 Å². The number of methoxy groups -OCH3 is 1. The van der Waals surface area contributed by atoms with Gasteiger partial charge in [-0.3, -0.25) is 0 Å². The topological polar surface area (TPSA) is 21.3 Å². The summed E-state index contributed by atoms with van der Waals surface area (Å²) in [5.74, 6) is 3.57. The maximum absolute atomic E-state index is 5.30. The Hall–Kier alpha value is -0.980. The van der Waals surface area contributed by atoms with E-state index in [9.17, 15) is 0 Å². The second-order valence-electron chi connectivity index (χ2n) is 4.09. The van der Waals surface area contributed by atoms with E-state index in [0.29, 0.717) is 6.04 Å². The molecule has 0 spiro atoms. The minimum Gasteiger partial charge on any atom is -0.497 e. The van der Waals surface area contributed by atoms with Gasteiger partial charge in [0.1, 0.15) is 5.75 Å². The number of unbranched alkanes of at least 4 members (excludes halogenated alkanes) is 1. The molecular formula is C15H20BrNO. The van der Waals surface area contributed by atoms with Crippen molar-refractivity contribution in [1.29, 1.82) is 0 Å². The van der Waals surface area contributed by atoms with Crippen LogP contribution in [0.5, 0.6) is 5.75 Å². The third-order valence-corrected chi connectivity index (χ3v) is 3.57. The normalized spacial score (nSPS) is 11.9. The van der Waals surface area contributed by atoms with Crippen molar-refractivity contribution in [3.8, 4) is 18.1 Å². The summed E-state index contributed by atoms with van der Waals surface area (Å²) < 4.78 is 6.39. The second-order valence-corrected chi connectivity index (χ2v) is 4.95. The van der Waals surface area contributed by atoms with Crippen LogP contribution in [-0.2, 0) is 0 Å². The molecule has 0 aliphatic carbocycles. The highest BCUT2D eigenvalue weighted by atomic mass is 79.9. The number of benzene rings is 1. The van der Waals surface area contributed by atoms with E-state index in [0.717, 1.165) is 36.0 Å². The van der Waals surface area contributed by atoms with Gasteiger partial charge in [-0.2, -0.15) is 0 Å². The molecule has 2 nitrogen and oxygen atoms in total. The van der Waals surface area contributed by atoms with Gasteiger partial charge in [0.05, 0.1) is 7.11 Å². The summed E-state index contributed by atoms with van der Waals surface area (Å²) >= 11 is 3.60. The van der Waals surface area contributed by atoms with E-state index in [4.69, 9.17) is 11.2 Å². The van der Waals surface area contributed by atoms with Crippen molar-refractivity contribution in [2.45, 2.75) is 32.2 Å². The zero-order valence-electron chi connectivity index (χ0n) is 11.0. The molecule has 1 atom stereocenters. The molecule has 0 saturated heterocycles. The van der Waals surface area contributed by atoms with Crippen molar-refractivity contribution in [1.82, 2.24) is 5.32 Å². The van der Waals surface area contributed by atoms with Gasteiger partial charge in [-0.15, -0.1) is 12.3 Å². The van der Waals surface area contributed by atoms with Crippen molar-refractivity contribution in [3.05, 3.63) is 28.2 Å². The molecule has 0 heterocycles. The lowest BCUT2D eigenvalue weighted by atomic mass is 10.0. The molecule has 1 aromatic rings. The number of halogens is 1. The lowest BCUT2D eigenvalue weighted by molar-refractivity contribution is 0.412. The number of hydrogen-bond acceptors (Lipinski definition) is 2. The van der Waals surface area contributed by atoms with Crippen molar-refractivity contribution >= 4 is 15.9 Å². The molecule has 0 fully saturated rings. The fraction of sp³-hybridized carbons (Fsp3) is 0.467. The van der Waals surface area contributed by atoms with Gasteiger partial charge in [-0.1, -0.05) is 22.9 Å². The van der Waals surface area contributed by atoms with E-state index >= 15 is 0 Å². The summed E-state index contributed by atoms with van der Waals surface area (Å²) in [6.07, 6.45) is 8.18. The summed E-state index contributed by atoms with van der Waals surface area (Å²) in [5.41, 5.74) is 1.23. The summed E-state index contributed by atoms with van der Waals surface area (Å²) in [6.45, 7) is 3.05. The zero-order valence-corrected chi connectivity index (χ0v) is 12.6. The Morgan fingerprint density at radius 2 is 2.28 bits per heavy atom. The molecular weight excluding hydrogens is 290 g/mol. The number of terminal acetylenes is 1. The highest BCUT2D eigenvalue weighted by molar-refractivity contribution is 9.10. The Morgan fingerprint density at radius 3 is 2.89 bits per heavy atom. The lowest BCUT2D eigenvalue weighted by Crippen LogP contribution is -2.21. The van der Waals surface area contributed by atoms with Gasteiger partial charge in [0.25, 0.3) is 0 Å². The maximum atomic E-state index is 5.30. The van der Waals surface area contributed by atoms with Gasteiger partial charge in [0.15, 0.2) is 0 Å². The average molecular weight is 310 g/mol. The second kappa shape index (κ2) is 8.18. The first-order chi connectivity index (χ1) is 8.72. The molecule has 3 heteroatoms. The van der Waals surface area contributed by atoms with Crippen molar-refractivity contribution in [2.24, 2.45) is 0 Å². The molecule has 1 unspecified atom stereocenters. The standard InChI is InChI=1S/C15H20BrNO/c1-4-6-7-8-15(17-5-2)13-11-12(18-3)9-10-14(13)16/h1,9-11,15,17H,5-8H2,2-3H3. The smallest absolute Gasteiger partial charge is 0.119 e. The van der Waals surface area contributed by atoms with Crippen LogP contribution in [0.3, 0.4) is 0 Å². The molecule has 0 radical (unpaired) electrons. The monoisotopic (exact) mass is 309 g/mol. The van der Waals surface area contributed by atoms with Crippen LogP contribution in [0.4, 0.5) is 0 Å². The molecule has 98 valence electrons. The van der Waals surface area contributed by atoms with Crippen molar-refractivity contribution < 1.29 is 4.74 Å². The number of nitrogens with one attached hydrogen (secondary N) is 1. The summed E-state index contributed by atoms with van der Waals surface area (Å²) in [4.78, 5) is 0. The van der Waals surface area contributed by atoms with E-state index < -0.39 is 0 Å². The van der Waals surface area contributed by atoms with E-state index in [2.05, 4.69) is 40.2 Å². The average Bonchev–Trinajstić information content (AvgIpc) is 2.39. The predicted octanol–water partition coefficient (Wildman–Crippen LogP) is 3.91. The minimum absolute atomic E-state index is 0.313. The maximum Gasteiger partial charge on any atom is 0.119 e. The predicted molar refractivity (Wildman–Crippen MR) is 79.8 cm³/mol. The van der Waals surface area contributed by atoms with Gasteiger partial charge in [-0.25, -0.2) is 0 Å². The molecule has 0 amide bonds. The Bertz CT molecular complexity index is 411. The SMILES string of the molecule is C#CCCCC(NCC)c1cc(OC)ccc1Br. The summed E-state index contributed by atoms with van der Waals surface area (Å²) in [5, 5.41) is 3.50. The Morgan fingerprint density at radius 1 is 1.50 bits per heavy atom. The molecule has 1 rings (SSSR count). The quantitative estimate of drug-likeness (QED) is 0.609. The van der Waals surface area contributed by atoms with Crippen molar-refractivity contribution in [3.63, 3.8) is 0 Å². The first-order valence-corrected chi connectivity index (χ1v) is 7.02. The third-order valence-electron chi connectivity index (χ3n) is 2.84. The molecule has 0 saturated carbocycles. The summed E-state index contributed by atoms with van der Waals surface area (Å²) in [6, 6.07) is 6.37. The van der Waals surface area contributed by atoms with E-state index in [-0.39, 0.29) is 0 Å². The van der Waals surface area contributed by atoms with E-state index in [1.165, 1.54) is 5.56 Å². The van der Waals surface area contributed by atoms with Gasteiger partial charge in [0, 0.05) is 16.9 Å². The van der Waals surface area contributed by atoms with Gasteiger partial charge in [-0.05, 0) is 43.1 Å². The highest BCUT2D eigenvalue weighted by Crippen LogP contribution is 2.30. The molecule has 1 aromatic carbocycles. The zero-order chi connectivity index (χ0) is 13.4.